The summed E-state index contributed by atoms with van der Waals surface area (Å²) in [6, 6.07) is 3.39. The van der Waals surface area contributed by atoms with Crippen LogP contribution >= 0.6 is 0 Å². The maximum Gasteiger partial charge on any atom is 0.311 e. The second kappa shape index (κ2) is 5.19. The molecule has 0 saturated heterocycles. The van der Waals surface area contributed by atoms with Crippen LogP contribution in [0.15, 0.2) is 18.2 Å². The molecule has 0 bridgehead atoms. The summed E-state index contributed by atoms with van der Waals surface area (Å²) in [6.45, 7) is 1.37. The van der Waals surface area contributed by atoms with Crippen molar-refractivity contribution in [3.05, 3.63) is 35.4 Å². The van der Waals surface area contributed by atoms with Crippen molar-refractivity contribution in [2.45, 2.75) is 25.7 Å². The zero-order chi connectivity index (χ0) is 14.9. The molecule has 20 heavy (non-hydrogen) atoms. The van der Waals surface area contributed by atoms with E-state index < -0.39 is 34.8 Å². The molecule has 108 valence electrons. The molecule has 1 aromatic rings. The number of carbonyl (C=O) groups excluding carboxylic acids is 1. The third kappa shape index (κ3) is 2.64. The van der Waals surface area contributed by atoms with Crippen molar-refractivity contribution in [1.29, 1.82) is 0 Å². The topological polar surface area (TPSA) is 66.4 Å². The molecule has 2 rings (SSSR count). The van der Waals surface area contributed by atoms with Gasteiger partial charge < -0.3 is 10.4 Å². The molecular formula is C14H15F2NO3. The van der Waals surface area contributed by atoms with Gasteiger partial charge in [-0.2, -0.15) is 0 Å². The van der Waals surface area contributed by atoms with E-state index in [9.17, 15) is 18.4 Å². The lowest BCUT2D eigenvalue weighted by molar-refractivity contribution is -0.143. The summed E-state index contributed by atoms with van der Waals surface area (Å²) in [5, 5.41) is 11.5. The molecule has 0 aromatic heterocycles. The van der Waals surface area contributed by atoms with E-state index >= 15 is 0 Å². The van der Waals surface area contributed by atoms with Gasteiger partial charge in [0.15, 0.2) is 0 Å². The molecular weight excluding hydrogens is 268 g/mol. The number of rotatable bonds is 5. The average molecular weight is 283 g/mol. The SMILES string of the molecule is CC(C(=O)NCC1(C(=O)O)CC1)c1c(F)cccc1F. The minimum atomic E-state index is -1.01. The first-order valence-electron chi connectivity index (χ1n) is 6.32. The highest BCUT2D eigenvalue weighted by molar-refractivity contribution is 5.85. The molecule has 4 nitrogen and oxygen atoms in total. The summed E-state index contributed by atoms with van der Waals surface area (Å²) in [5.74, 6) is -4.12. The van der Waals surface area contributed by atoms with Crippen LogP contribution in [0.1, 0.15) is 31.2 Å². The van der Waals surface area contributed by atoms with Gasteiger partial charge in [-0.05, 0) is 31.9 Å². The van der Waals surface area contributed by atoms with Crippen LogP contribution in [0.4, 0.5) is 8.78 Å². The second-order valence-electron chi connectivity index (χ2n) is 5.16. The highest BCUT2D eigenvalue weighted by Gasteiger charge is 2.50. The molecule has 0 aliphatic heterocycles. The van der Waals surface area contributed by atoms with Gasteiger partial charge in [0.2, 0.25) is 5.91 Å². The Kier molecular flexibility index (Phi) is 3.74. The van der Waals surface area contributed by atoms with E-state index in [1.807, 2.05) is 0 Å². The summed E-state index contributed by atoms with van der Waals surface area (Å²) in [7, 11) is 0. The first-order valence-corrected chi connectivity index (χ1v) is 6.32. The molecule has 0 spiro atoms. The molecule has 0 heterocycles. The van der Waals surface area contributed by atoms with Crippen LogP contribution < -0.4 is 5.32 Å². The first-order chi connectivity index (χ1) is 9.37. The molecule has 0 radical (unpaired) electrons. The van der Waals surface area contributed by atoms with E-state index in [-0.39, 0.29) is 12.1 Å². The Balaban J connectivity index is 2.04. The van der Waals surface area contributed by atoms with Gasteiger partial charge in [0, 0.05) is 12.1 Å². The number of aliphatic carboxylic acids is 1. The fourth-order valence-corrected chi connectivity index (χ4v) is 2.08. The van der Waals surface area contributed by atoms with Crippen molar-refractivity contribution in [2.75, 3.05) is 6.54 Å². The lowest BCUT2D eigenvalue weighted by Gasteiger charge is -2.16. The summed E-state index contributed by atoms with van der Waals surface area (Å²) in [5.41, 5.74) is -1.20. The van der Waals surface area contributed by atoms with Crippen LogP contribution in [-0.2, 0) is 9.59 Å². The molecule has 1 fully saturated rings. The first kappa shape index (κ1) is 14.4. The van der Waals surface area contributed by atoms with Gasteiger partial charge in [0.1, 0.15) is 11.6 Å². The lowest BCUT2D eigenvalue weighted by atomic mass is 9.98. The van der Waals surface area contributed by atoms with E-state index in [0.29, 0.717) is 12.8 Å². The van der Waals surface area contributed by atoms with Crippen molar-refractivity contribution in [1.82, 2.24) is 5.32 Å². The van der Waals surface area contributed by atoms with Gasteiger partial charge in [0.05, 0.1) is 11.3 Å². The van der Waals surface area contributed by atoms with Crippen LogP contribution in [-0.4, -0.2) is 23.5 Å². The quantitative estimate of drug-likeness (QED) is 0.869. The number of nitrogens with one attached hydrogen (secondary N) is 1. The maximum absolute atomic E-state index is 13.6. The van der Waals surface area contributed by atoms with Gasteiger partial charge in [-0.1, -0.05) is 6.07 Å². The lowest BCUT2D eigenvalue weighted by Crippen LogP contribution is -2.36. The number of carboxylic acids is 1. The maximum atomic E-state index is 13.6. The zero-order valence-electron chi connectivity index (χ0n) is 11.0. The number of benzene rings is 1. The Labute approximate surface area is 114 Å². The summed E-state index contributed by atoms with van der Waals surface area (Å²) in [6.07, 6.45) is 1.01. The molecule has 2 N–H and O–H groups in total. The fraction of sp³-hybridized carbons (Fsp3) is 0.429. The summed E-state index contributed by atoms with van der Waals surface area (Å²) in [4.78, 5) is 22.9. The standard InChI is InChI=1S/C14H15F2NO3/c1-8(11-9(15)3-2-4-10(11)16)12(18)17-7-14(5-6-14)13(19)20/h2-4,8H,5-7H2,1H3,(H,17,18)(H,19,20). The summed E-state index contributed by atoms with van der Waals surface area (Å²) < 4.78 is 27.1. The number of hydrogen-bond acceptors (Lipinski definition) is 2. The minimum absolute atomic E-state index is 0.0123. The van der Waals surface area contributed by atoms with E-state index in [1.165, 1.54) is 13.0 Å². The van der Waals surface area contributed by atoms with Crippen molar-refractivity contribution in [3.8, 4) is 0 Å². The second-order valence-corrected chi connectivity index (χ2v) is 5.16. The third-order valence-corrected chi connectivity index (χ3v) is 3.73. The molecule has 6 heteroatoms. The summed E-state index contributed by atoms with van der Waals surface area (Å²) >= 11 is 0. The van der Waals surface area contributed by atoms with Crippen molar-refractivity contribution in [3.63, 3.8) is 0 Å². The molecule has 1 aromatic carbocycles. The van der Waals surface area contributed by atoms with Gasteiger partial charge in [-0.15, -0.1) is 0 Å². The van der Waals surface area contributed by atoms with Crippen LogP contribution in [0, 0.1) is 17.0 Å². The largest absolute Gasteiger partial charge is 0.481 e. The highest BCUT2D eigenvalue weighted by Crippen LogP contribution is 2.45. The fourth-order valence-electron chi connectivity index (χ4n) is 2.08. The van der Waals surface area contributed by atoms with E-state index in [0.717, 1.165) is 12.1 Å². The predicted octanol–water partition coefficient (Wildman–Crippen LogP) is 2.05. The van der Waals surface area contributed by atoms with Crippen molar-refractivity contribution in [2.24, 2.45) is 5.41 Å². The van der Waals surface area contributed by atoms with Crippen LogP contribution in [0.5, 0.6) is 0 Å². The van der Waals surface area contributed by atoms with Crippen LogP contribution in [0.25, 0.3) is 0 Å². The van der Waals surface area contributed by atoms with Gasteiger partial charge in [0.25, 0.3) is 0 Å². The number of halogens is 2. The Bertz CT molecular complexity index is 535. The normalized spacial score (nSPS) is 17.4. The Morgan fingerprint density at radius 1 is 1.35 bits per heavy atom. The Hall–Kier alpha value is -1.98. The highest BCUT2D eigenvalue weighted by atomic mass is 19.1. The third-order valence-electron chi connectivity index (χ3n) is 3.73. The van der Waals surface area contributed by atoms with E-state index in [1.54, 1.807) is 0 Å². The molecule has 1 aliphatic rings. The van der Waals surface area contributed by atoms with Gasteiger partial charge >= 0.3 is 5.97 Å². The van der Waals surface area contributed by atoms with Crippen molar-refractivity contribution < 1.29 is 23.5 Å². The molecule has 1 saturated carbocycles. The minimum Gasteiger partial charge on any atom is -0.481 e. The van der Waals surface area contributed by atoms with Crippen molar-refractivity contribution >= 4 is 11.9 Å². The Morgan fingerprint density at radius 2 is 1.90 bits per heavy atom. The van der Waals surface area contributed by atoms with Gasteiger partial charge in [-0.3, -0.25) is 9.59 Å². The van der Waals surface area contributed by atoms with Crippen LogP contribution in [0.2, 0.25) is 0 Å². The molecule has 1 aliphatic carbocycles. The van der Waals surface area contributed by atoms with Gasteiger partial charge in [-0.25, -0.2) is 8.78 Å². The number of hydrogen-bond donors (Lipinski definition) is 2. The van der Waals surface area contributed by atoms with E-state index in [4.69, 9.17) is 5.11 Å². The zero-order valence-corrected chi connectivity index (χ0v) is 11.0. The molecule has 1 unspecified atom stereocenters. The smallest absolute Gasteiger partial charge is 0.311 e. The number of carboxylic acid groups (broad SMARTS) is 1. The van der Waals surface area contributed by atoms with E-state index in [2.05, 4.69) is 5.32 Å². The molecule has 1 amide bonds. The average Bonchev–Trinajstić information content (AvgIpc) is 3.16. The van der Waals surface area contributed by atoms with Crippen LogP contribution in [0.3, 0.4) is 0 Å². The monoisotopic (exact) mass is 283 g/mol. The number of carbonyl (C=O) groups is 2. The Morgan fingerprint density at radius 3 is 2.35 bits per heavy atom. The number of amides is 1. The predicted molar refractivity (Wildman–Crippen MR) is 67.1 cm³/mol. The molecule has 1 atom stereocenters.